The molecule has 4 nitrogen and oxygen atoms in total. The molecule has 0 saturated carbocycles. The molecule has 2 rings (SSSR count). The molecule has 2 N–H and O–H groups in total. The monoisotopic (exact) mass is 356 g/mol. The molecule has 2 aromatic rings. The van der Waals surface area contributed by atoms with Crippen LogP contribution in [0.1, 0.15) is 60.2 Å². The first-order valence-electron chi connectivity index (χ1n) is 9.35. The van der Waals surface area contributed by atoms with Crippen molar-refractivity contribution < 1.29 is 19.7 Å². The van der Waals surface area contributed by atoms with E-state index in [0.29, 0.717) is 18.4 Å². The molecule has 0 amide bonds. The third-order valence-corrected chi connectivity index (χ3v) is 4.54. The molecule has 4 heteroatoms. The first kappa shape index (κ1) is 19.8. The highest BCUT2D eigenvalue weighted by molar-refractivity contribution is 5.92. The standard InChI is InChI=1S/C22H28O4/c1-3-5-6-14-26-20-13-11-16(15-17(20)4-2)10-12-18-8-7-9-19(23)21(18)22(24)25/h7-9,11,13,15,23H,3-6,10,12,14H2,1-2H3,(H,24,25). The van der Waals surface area contributed by atoms with Gasteiger partial charge in [0.25, 0.3) is 0 Å². The molecule has 0 aliphatic heterocycles. The van der Waals surface area contributed by atoms with Crippen LogP contribution in [0.2, 0.25) is 0 Å². The molecule has 0 spiro atoms. The molecule has 0 aliphatic carbocycles. The number of phenols is 1. The normalized spacial score (nSPS) is 10.7. The highest BCUT2D eigenvalue weighted by Gasteiger charge is 2.15. The second-order valence-electron chi connectivity index (χ2n) is 6.47. The Balaban J connectivity index is 2.07. The zero-order chi connectivity index (χ0) is 18.9. The van der Waals surface area contributed by atoms with Crippen molar-refractivity contribution in [1.29, 1.82) is 0 Å². The van der Waals surface area contributed by atoms with E-state index in [1.165, 1.54) is 24.5 Å². The van der Waals surface area contributed by atoms with E-state index >= 15 is 0 Å². The Labute approximate surface area is 155 Å². The lowest BCUT2D eigenvalue weighted by Crippen LogP contribution is -2.05. The van der Waals surface area contributed by atoms with Crippen molar-refractivity contribution >= 4 is 5.97 Å². The van der Waals surface area contributed by atoms with E-state index in [1.807, 2.05) is 12.1 Å². The van der Waals surface area contributed by atoms with Crippen LogP contribution >= 0.6 is 0 Å². The van der Waals surface area contributed by atoms with Gasteiger partial charge < -0.3 is 14.9 Å². The summed E-state index contributed by atoms with van der Waals surface area (Å²) in [6.07, 6.45) is 5.59. The second kappa shape index (κ2) is 9.85. The highest BCUT2D eigenvalue weighted by Crippen LogP contribution is 2.25. The Morgan fingerprint density at radius 3 is 2.54 bits per heavy atom. The molecule has 0 aromatic heterocycles. The average molecular weight is 356 g/mol. The van der Waals surface area contributed by atoms with Crippen molar-refractivity contribution in [3.63, 3.8) is 0 Å². The number of hydrogen-bond donors (Lipinski definition) is 2. The van der Waals surface area contributed by atoms with Crippen LogP contribution in [0.4, 0.5) is 0 Å². The summed E-state index contributed by atoms with van der Waals surface area (Å²) in [4.78, 5) is 11.4. The van der Waals surface area contributed by atoms with Gasteiger partial charge >= 0.3 is 5.97 Å². The van der Waals surface area contributed by atoms with Crippen molar-refractivity contribution in [1.82, 2.24) is 0 Å². The fourth-order valence-corrected chi connectivity index (χ4v) is 3.06. The minimum absolute atomic E-state index is 0.000840. The van der Waals surface area contributed by atoms with Crippen LogP contribution in [0.3, 0.4) is 0 Å². The predicted molar refractivity (Wildman–Crippen MR) is 103 cm³/mol. The zero-order valence-electron chi connectivity index (χ0n) is 15.6. The van der Waals surface area contributed by atoms with Crippen molar-refractivity contribution in [3.8, 4) is 11.5 Å². The molecule has 0 heterocycles. The van der Waals surface area contributed by atoms with Gasteiger partial charge in [-0.3, -0.25) is 0 Å². The van der Waals surface area contributed by atoms with Crippen LogP contribution in [0, 0.1) is 0 Å². The summed E-state index contributed by atoms with van der Waals surface area (Å²) in [6.45, 7) is 5.02. The van der Waals surface area contributed by atoms with Crippen molar-refractivity contribution in [3.05, 3.63) is 58.7 Å². The quantitative estimate of drug-likeness (QED) is 0.588. The summed E-state index contributed by atoms with van der Waals surface area (Å²) in [5.41, 5.74) is 2.96. The number of carboxylic acid groups (broad SMARTS) is 1. The smallest absolute Gasteiger partial charge is 0.339 e. The number of carbonyl (C=O) groups is 1. The maximum Gasteiger partial charge on any atom is 0.339 e. The first-order chi connectivity index (χ1) is 12.6. The molecular formula is C22H28O4. The van der Waals surface area contributed by atoms with Gasteiger partial charge in [0.15, 0.2) is 0 Å². The molecule has 0 fully saturated rings. The van der Waals surface area contributed by atoms with Crippen molar-refractivity contribution in [2.45, 2.75) is 52.4 Å². The number of hydrogen-bond acceptors (Lipinski definition) is 3. The number of carboxylic acids is 1. The maximum atomic E-state index is 11.4. The third kappa shape index (κ3) is 5.25. The summed E-state index contributed by atoms with van der Waals surface area (Å²) in [6, 6.07) is 11.0. The minimum atomic E-state index is -1.09. The van der Waals surface area contributed by atoms with E-state index in [9.17, 15) is 15.0 Å². The van der Waals surface area contributed by atoms with E-state index in [-0.39, 0.29) is 11.3 Å². The van der Waals surface area contributed by atoms with Crippen LogP contribution in [0.25, 0.3) is 0 Å². The summed E-state index contributed by atoms with van der Waals surface area (Å²) in [7, 11) is 0. The molecule has 0 bridgehead atoms. The number of unbranched alkanes of at least 4 members (excludes halogenated alkanes) is 2. The van der Waals surface area contributed by atoms with Gasteiger partial charge in [0.2, 0.25) is 0 Å². The zero-order valence-corrected chi connectivity index (χ0v) is 15.6. The van der Waals surface area contributed by atoms with E-state index in [2.05, 4.69) is 19.9 Å². The summed E-state index contributed by atoms with van der Waals surface area (Å²) < 4.78 is 5.90. The largest absolute Gasteiger partial charge is 0.507 e. The summed E-state index contributed by atoms with van der Waals surface area (Å²) in [5.74, 6) is -0.334. The summed E-state index contributed by atoms with van der Waals surface area (Å²) in [5, 5.41) is 19.1. The molecule has 140 valence electrons. The van der Waals surface area contributed by atoms with Gasteiger partial charge in [-0.25, -0.2) is 4.79 Å². The van der Waals surface area contributed by atoms with E-state index in [1.54, 1.807) is 12.1 Å². The Morgan fingerprint density at radius 2 is 1.85 bits per heavy atom. The Morgan fingerprint density at radius 1 is 1.04 bits per heavy atom. The second-order valence-corrected chi connectivity index (χ2v) is 6.47. The van der Waals surface area contributed by atoms with Gasteiger partial charge in [0.05, 0.1) is 6.61 Å². The van der Waals surface area contributed by atoms with Gasteiger partial charge in [-0.05, 0) is 54.5 Å². The lowest BCUT2D eigenvalue weighted by Gasteiger charge is -2.13. The average Bonchev–Trinajstić information content (AvgIpc) is 2.63. The lowest BCUT2D eigenvalue weighted by molar-refractivity contribution is 0.0692. The number of aryl methyl sites for hydroxylation is 3. The van der Waals surface area contributed by atoms with Gasteiger partial charge in [0.1, 0.15) is 17.1 Å². The fourth-order valence-electron chi connectivity index (χ4n) is 3.06. The fraction of sp³-hybridized carbons (Fsp3) is 0.409. The topological polar surface area (TPSA) is 66.8 Å². The summed E-state index contributed by atoms with van der Waals surface area (Å²) >= 11 is 0. The third-order valence-electron chi connectivity index (χ3n) is 4.54. The van der Waals surface area contributed by atoms with E-state index in [4.69, 9.17) is 4.74 Å². The molecule has 2 aromatic carbocycles. The number of aromatic hydroxyl groups is 1. The predicted octanol–water partition coefficient (Wildman–Crippen LogP) is 5.01. The minimum Gasteiger partial charge on any atom is -0.507 e. The molecule has 26 heavy (non-hydrogen) atoms. The lowest BCUT2D eigenvalue weighted by atomic mass is 9.97. The van der Waals surface area contributed by atoms with Crippen LogP contribution in [0.15, 0.2) is 36.4 Å². The van der Waals surface area contributed by atoms with Crippen LogP contribution < -0.4 is 4.74 Å². The molecule has 0 radical (unpaired) electrons. The van der Waals surface area contributed by atoms with Crippen LogP contribution in [0.5, 0.6) is 11.5 Å². The Hall–Kier alpha value is -2.49. The first-order valence-corrected chi connectivity index (χ1v) is 9.35. The molecule has 0 unspecified atom stereocenters. The molecule has 0 saturated heterocycles. The highest BCUT2D eigenvalue weighted by atomic mass is 16.5. The maximum absolute atomic E-state index is 11.4. The van der Waals surface area contributed by atoms with E-state index in [0.717, 1.165) is 30.8 Å². The van der Waals surface area contributed by atoms with E-state index < -0.39 is 5.97 Å². The van der Waals surface area contributed by atoms with Gasteiger partial charge in [-0.15, -0.1) is 0 Å². The number of benzene rings is 2. The number of rotatable bonds is 10. The van der Waals surface area contributed by atoms with Gasteiger partial charge in [0, 0.05) is 0 Å². The SMILES string of the molecule is CCCCCOc1ccc(CCc2cccc(O)c2C(=O)O)cc1CC. The number of ether oxygens (including phenoxy) is 1. The van der Waals surface area contributed by atoms with Crippen molar-refractivity contribution in [2.75, 3.05) is 6.61 Å². The van der Waals surface area contributed by atoms with Gasteiger partial charge in [-0.2, -0.15) is 0 Å². The van der Waals surface area contributed by atoms with Crippen LogP contribution in [-0.4, -0.2) is 22.8 Å². The van der Waals surface area contributed by atoms with Crippen LogP contribution in [-0.2, 0) is 19.3 Å². The Kier molecular flexibility index (Phi) is 7.52. The Bertz CT molecular complexity index is 737. The van der Waals surface area contributed by atoms with Gasteiger partial charge in [-0.1, -0.05) is 51.0 Å². The number of aromatic carboxylic acids is 1. The van der Waals surface area contributed by atoms with Crippen molar-refractivity contribution in [2.24, 2.45) is 0 Å². The molecular weight excluding hydrogens is 328 g/mol. The molecule has 0 aliphatic rings. The molecule has 0 atom stereocenters.